The van der Waals surface area contributed by atoms with Crippen molar-refractivity contribution in [3.8, 4) is 0 Å². The molecule has 20 heavy (non-hydrogen) atoms. The van der Waals surface area contributed by atoms with Crippen LogP contribution < -0.4 is 10.6 Å². The van der Waals surface area contributed by atoms with Gasteiger partial charge in [-0.2, -0.15) is 0 Å². The van der Waals surface area contributed by atoms with Gasteiger partial charge in [-0.05, 0) is 46.4 Å². The number of hydrogen-bond donors (Lipinski definition) is 2. The third kappa shape index (κ3) is 2.63. The van der Waals surface area contributed by atoms with E-state index >= 15 is 0 Å². The van der Waals surface area contributed by atoms with Crippen LogP contribution in [-0.2, 0) is 0 Å². The third-order valence-electron chi connectivity index (χ3n) is 4.25. The van der Waals surface area contributed by atoms with Crippen molar-refractivity contribution in [1.82, 2.24) is 9.88 Å². The van der Waals surface area contributed by atoms with Crippen molar-refractivity contribution in [2.45, 2.75) is 39.8 Å². The average molecular weight is 275 g/mol. The molecule has 1 aliphatic rings. The molecule has 1 aromatic heterocycles. The molecule has 0 aliphatic carbocycles. The van der Waals surface area contributed by atoms with Crippen molar-refractivity contribution >= 4 is 11.7 Å². The van der Waals surface area contributed by atoms with E-state index in [9.17, 15) is 0 Å². The van der Waals surface area contributed by atoms with Gasteiger partial charge in [0.2, 0.25) is 0 Å². The molecule has 2 heterocycles. The highest BCUT2D eigenvalue weighted by Crippen LogP contribution is 2.26. The summed E-state index contributed by atoms with van der Waals surface area (Å²) in [6.07, 6.45) is 0. The molecular formula is C15H25N5. The zero-order valence-electron chi connectivity index (χ0n) is 13.1. The summed E-state index contributed by atoms with van der Waals surface area (Å²) in [5.74, 6) is 0.964. The first-order valence-corrected chi connectivity index (χ1v) is 7.10. The number of nitrogens with zero attached hydrogens (tertiary/aromatic N) is 3. The maximum absolute atomic E-state index is 7.85. The normalized spacial score (nSPS) is 23.9. The molecule has 0 amide bonds. The smallest absolute Gasteiger partial charge is 0.140 e. The molecule has 5 nitrogen and oxygen atoms in total. The molecule has 0 spiro atoms. The highest BCUT2D eigenvalue weighted by molar-refractivity contribution is 6.01. The molecule has 1 fully saturated rings. The van der Waals surface area contributed by atoms with E-state index in [1.807, 2.05) is 19.9 Å². The largest absolute Gasteiger partial charge is 0.384 e. The van der Waals surface area contributed by atoms with Crippen LogP contribution >= 0.6 is 0 Å². The minimum atomic E-state index is 0.101. The average Bonchev–Trinajstić information content (AvgIpc) is 2.33. The summed E-state index contributed by atoms with van der Waals surface area (Å²) in [6, 6.07) is 2.91. The van der Waals surface area contributed by atoms with Crippen molar-refractivity contribution < 1.29 is 0 Å². The van der Waals surface area contributed by atoms with Gasteiger partial charge in [-0.25, -0.2) is 4.98 Å². The first-order chi connectivity index (χ1) is 9.31. The van der Waals surface area contributed by atoms with E-state index in [0.29, 0.717) is 12.1 Å². The van der Waals surface area contributed by atoms with Crippen LogP contribution in [0.4, 0.5) is 5.82 Å². The molecular weight excluding hydrogens is 250 g/mol. The van der Waals surface area contributed by atoms with Crippen molar-refractivity contribution in [3.63, 3.8) is 0 Å². The lowest BCUT2D eigenvalue weighted by Crippen LogP contribution is -2.55. The minimum Gasteiger partial charge on any atom is -0.384 e. The highest BCUT2D eigenvalue weighted by atomic mass is 15.3. The highest BCUT2D eigenvalue weighted by Gasteiger charge is 2.29. The monoisotopic (exact) mass is 275 g/mol. The van der Waals surface area contributed by atoms with E-state index < -0.39 is 0 Å². The molecule has 2 atom stereocenters. The number of nitrogen functional groups attached to an aromatic ring is 1. The Labute approximate surface area is 121 Å². The Kier molecular flexibility index (Phi) is 3.99. The topological polar surface area (TPSA) is 69.2 Å². The predicted molar refractivity (Wildman–Crippen MR) is 83.6 cm³/mol. The standard InChI is InChI=1S/C15H25N5/c1-9-6-10(2)18-15(13(9)14(16)17)20-7-11(3)19(5)12(4)8-20/h6,11-12H,7-8H2,1-5H3,(H3,16,17). The number of rotatable bonds is 2. The van der Waals surface area contributed by atoms with E-state index in [1.54, 1.807) is 0 Å². The van der Waals surface area contributed by atoms with Gasteiger partial charge in [0.05, 0.1) is 5.56 Å². The van der Waals surface area contributed by atoms with Gasteiger partial charge in [0.1, 0.15) is 11.7 Å². The molecule has 1 aliphatic heterocycles. The van der Waals surface area contributed by atoms with E-state index in [4.69, 9.17) is 11.1 Å². The van der Waals surface area contributed by atoms with E-state index in [2.05, 4.69) is 35.7 Å². The summed E-state index contributed by atoms with van der Waals surface area (Å²) in [5.41, 5.74) is 8.55. The van der Waals surface area contributed by atoms with Crippen LogP contribution in [-0.4, -0.2) is 47.9 Å². The third-order valence-corrected chi connectivity index (χ3v) is 4.25. The summed E-state index contributed by atoms with van der Waals surface area (Å²) in [7, 11) is 2.16. The lowest BCUT2D eigenvalue weighted by molar-refractivity contribution is 0.169. The minimum absolute atomic E-state index is 0.101. The van der Waals surface area contributed by atoms with Crippen LogP contribution in [0, 0.1) is 19.3 Å². The lowest BCUT2D eigenvalue weighted by atomic mass is 10.0. The number of nitrogens with two attached hydrogens (primary N) is 1. The molecule has 0 radical (unpaired) electrons. The Balaban J connectivity index is 2.44. The Morgan fingerprint density at radius 2 is 1.85 bits per heavy atom. The van der Waals surface area contributed by atoms with E-state index in [0.717, 1.165) is 35.7 Å². The van der Waals surface area contributed by atoms with Crippen LogP contribution in [0.1, 0.15) is 30.7 Å². The van der Waals surface area contributed by atoms with Gasteiger partial charge < -0.3 is 10.6 Å². The van der Waals surface area contributed by atoms with Gasteiger partial charge in [-0.1, -0.05) is 0 Å². The molecule has 0 aromatic carbocycles. The van der Waals surface area contributed by atoms with Gasteiger partial charge >= 0.3 is 0 Å². The Bertz CT molecular complexity index is 513. The maximum atomic E-state index is 7.85. The van der Waals surface area contributed by atoms with Crippen molar-refractivity contribution in [2.24, 2.45) is 5.73 Å². The maximum Gasteiger partial charge on any atom is 0.140 e. The van der Waals surface area contributed by atoms with Gasteiger partial charge in [-0.15, -0.1) is 0 Å². The summed E-state index contributed by atoms with van der Waals surface area (Å²) < 4.78 is 0. The second-order valence-electron chi connectivity index (χ2n) is 5.96. The Hall–Kier alpha value is -1.62. The second kappa shape index (κ2) is 5.40. The summed E-state index contributed by atoms with van der Waals surface area (Å²) in [6.45, 7) is 10.3. The van der Waals surface area contributed by atoms with E-state index in [1.165, 1.54) is 0 Å². The first kappa shape index (κ1) is 14.8. The van der Waals surface area contributed by atoms with Crippen molar-refractivity contribution in [1.29, 1.82) is 5.41 Å². The second-order valence-corrected chi connectivity index (χ2v) is 5.96. The molecule has 0 saturated carbocycles. The fourth-order valence-corrected chi connectivity index (χ4v) is 2.96. The Morgan fingerprint density at radius 1 is 1.30 bits per heavy atom. The Morgan fingerprint density at radius 3 is 2.35 bits per heavy atom. The molecule has 0 bridgehead atoms. The SMILES string of the molecule is Cc1cc(C)c(C(=N)N)c(N2CC(C)N(C)C(C)C2)n1. The summed E-state index contributed by atoms with van der Waals surface area (Å²) >= 11 is 0. The molecule has 2 unspecified atom stereocenters. The molecule has 1 saturated heterocycles. The predicted octanol–water partition coefficient (Wildman–Crippen LogP) is 1.51. The zero-order chi connectivity index (χ0) is 15.0. The number of likely N-dealkylation sites (N-methyl/N-ethyl adjacent to an activating group) is 1. The van der Waals surface area contributed by atoms with Crippen molar-refractivity contribution in [3.05, 3.63) is 22.9 Å². The number of hydrogen-bond acceptors (Lipinski definition) is 4. The van der Waals surface area contributed by atoms with Gasteiger partial charge in [-0.3, -0.25) is 10.3 Å². The first-order valence-electron chi connectivity index (χ1n) is 7.10. The van der Waals surface area contributed by atoms with Crippen molar-refractivity contribution in [2.75, 3.05) is 25.0 Å². The number of anilines is 1. The molecule has 110 valence electrons. The van der Waals surface area contributed by atoms with Crippen LogP contribution in [0.2, 0.25) is 0 Å². The lowest BCUT2D eigenvalue weighted by Gasteiger charge is -2.43. The molecule has 5 heteroatoms. The number of amidine groups is 1. The van der Waals surface area contributed by atoms with Gasteiger partial charge in [0, 0.05) is 30.9 Å². The van der Waals surface area contributed by atoms with Gasteiger partial charge in [0.15, 0.2) is 0 Å². The number of pyridine rings is 1. The van der Waals surface area contributed by atoms with E-state index in [-0.39, 0.29) is 5.84 Å². The number of nitrogens with one attached hydrogen (secondary N) is 1. The fourth-order valence-electron chi connectivity index (χ4n) is 2.96. The number of piperazine rings is 1. The summed E-state index contributed by atoms with van der Waals surface area (Å²) in [4.78, 5) is 9.31. The fraction of sp³-hybridized carbons (Fsp3) is 0.600. The molecule has 1 aromatic rings. The van der Waals surface area contributed by atoms with Gasteiger partial charge in [0.25, 0.3) is 0 Å². The molecule has 3 N–H and O–H groups in total. The number of aromatic nitrogens is 1. The zero-order valence-corrected chi connectivity index (χ0v) is 13.1. The van der Waals surface area contributed by atoms with Crippen LogP contribution in [0.3, 0.4) is 0 Å². The quantitative estimate of drug-likeness (QED) is 0.634. The van der Waals surface area contributed by atoms with Crippen LogP contribution in [0.5, 0.6) is 0 Å². The molecule has 2 rings (SSSR count). The summed E-state index contributed by atoms with van der Waals surface area (Å²) in [5, 5.41) is 7.85. The van der Waals surface area contributed by atoms with Crippen LogP contribution in [0.15, 0.2) is 6.07 Å². The number of aryl methyl sites for hydroxylation is 2. The van der Waals surface area contributed by atoms with Crippen LogP contribution in [0.25, 0.3) is 0 Å².